The lowest BCUT2D eigenvalue weighted by Gasteiger charge is -2.28. The Bertz CT molecular complexity index is 754. The number of rotatable bonds is 5. The fourth-order valence-electron chi connectivity index (χ4n) is 3.02. The van der Waals surface area contributed by atoms with Gasteiger partial charge in [0.1, 0.15) is 0 Å². The molecular weight excluding hydrogens is 432 g/mol. The van der Waals surface area contributed by atoms with Gasteiger partial charge < -0.3 is 15.1 Å². The molecule has 1 aromatic heterocycles. The Balaban J connectivity index is 0.00000182. The number of hydrogen-bond acceptors (Lipinski definition) is 4. The first-order chi connectivity index (χ1) is 12.0. The van der Waals surface area contributed by atoms with E-state index in [2.05, 4.69) is 22.5 Å². The van der Waals surface area contributed by atoms with Crippen molar-refractivity contribution in [1.29, 1.82) is 0 Å². The normalized spacial score (nSPS) is 18.9. The number of piperidine rings is 1. The summed E-state index contributed by atoms with van der Waals surface area (Å²) in [7, 11) is 0. The molecule has 2 aromatic rings. The molecule has 1 amide bonds. The summed E-state index contributed by atoms with van der Waals surface area (Å²) in [6.07, 6.45) is 4.36. The van der Waals surface area contributed by atoms with Crippen LogP contribution >= 0.6 is 48.0 Å². The van der Waals surface area contributed by atoms with Crippen LogP contribution in [0.2, 0.25) is 10.0 Å². The number of halogens is 4. The van der Waals surface area contributed by atoms with E-state index >= 15 is 0 Å². The lowest BCUT2D eigenvalue weighted by Crippen LogP contribution is -2.46. The van der Waals surface area contributed by atoms with Crippen LogP contribution in [-0.4, -0.2) is 29.5 Å². The molecule has 1 saturated heterocycles. The maximum atomic E-state index is 12.1. The molecule has 27 heavy (non-hydrogen) atoms. The minimum absolute atomic E-state index is 0. The number of oxazole rings is 1. The largest absolute Gasteiger partial charge is 0.441 e. The maximum absolute atomic E-state index is 12.1. The van der Waals surface area contributed by atoms with Crippen molar-refractivity contribution >= 4 is 53.9 Å². The van der Waals surface area contributed by atoms with Gasteiger partial charge in [0.15, 0.2) is 11.7 Å². The molecule has 150 valence electrons. The number of aryl methyl sites for hydroxylation is 1. The summed E-state index contributed by atoms with van der Waals surface area (Å²) >= 11 is 12.1. The zero-order valence-electron chi connectivity index (χ0n) is 14.8. The molecule has 0 radical (unpaired) electrons. The van der Waals surface area contributed by atoms with Gasteiger partial charge in [-0.25, -0.2) is 4.98 Å². The number of carbonyl (C=O) groups is 1. The molecular formula is C18H23Cl4N3O2. The van der Waals surface area contributed by atoms with Crippen LogP contribution in [0.5, 0.6) is 0 Å². The second kappa shape index (κ2) is 11.1. The molecule has 2 atom stereocenters. The molecule has 1 fully saturated rings. The van der Waals surface area contributed by atoms with Gasteiger partial charge in [-0.1, -0.05) is 23.2 Å². The van der Waals surface area contributed by atoms with E-state index < -0.39 is 0 Å². The second-order valence-corrected chi connectivity index (χ2v) is 7.23. The number of aromatic nitrogens is 1. The number of hydrogen-bond donors (Lipinski definition) is 2. The van der Waals surface area contributed by atoms with Crippen LogP contribution in [0.15, 0.2) is 28.8 Å². The second-order valence-electron chi connectivity index (χ2n) is 6.39. The van der Waals surface area contributed by atoms with E-state index in [9.17, 15) is 4.79 Å². The molecule has 5 nitrogen and oxygen atoms in total. The van der Waals surface area contributed by atoms with E-state index in [1.54, 1.807) is 24.4 Å². The van der Waals surface area contributed by atoms with Crippen molar-refractivity contribution in [2.75, 3.05) is 6.54 Å². The lowest BCUT2D eigenvalue weighted by molar-refractivity contribution is -0.122. The first-order valence-electron chi connectivity index (χ1n) is 8.44. The van der Waals surface area contributed by atoms with Gasteiger partial charge in [-0.05, 0) is 44.5 Å². The summed E-state index contributed by atoms with van der Waals surface area (Å²) < 4.78 is 5.72. The average molecular weight is 455 g/mol. The quantitative estimate of drug-likeness (QED) is 0.688. The van der Waals surface area contributed by atoms with Crippen LogP contribution in [0, 0.1) is 0 Å². The SMILES string of the molecule is CC1CC(NC(=O)CCc2ncc(-c3ccc(Cl)cc3Cl)o2)CCN1.Cl.Cl. The van der Waals surface area contributed by atoms with E-state index in [1.807, 2.05) is 0 Å². The number of amides is 1. The topological polar surface area (TPSA) is 67.2 Å². The molecule has 3 rings (SSSR count). The van der Waals surface area contributed by atoms with Gasteiger partial charge in [0.25, 0.3) is 0 Å². The average Bonchev–Trinajstić information content (AvgIpc) is 3.01. The van der Waals surface area contributed by atoms with Gasteiger partial charge in [-0.3, -0.25) is 4.79 Å². The van der Waals surface area contributed by atoms with Crippen molar-refractivity contribution in [2.45, 2.75) is 44.7 Å². The van der Waals surface area contributed by atoms with Gasteiger partial charge in [-0.2, -0.15) is 0 Å². The molecule has 1 aliphatic heterocycles. The Morgan fingerprint density at radius 3 is 2.85 bits per heavy atom. The van der Waals surface area contributed by atoms with Gasteiger partial charge in [0.05, 0.1) is 11.2 Å². The molecule has 2 unspecified atom stereocenters. The van der Waals surface area contributed by atoms with Crippen LogP contribution in [0.3, 0.4) is 0 Å². The van der Waals surface area contributed by atoms with E-state index in [-0.39, 0.29) is 36.8 Å². The molecule has 1 aromatic carbocycles. The Morgan fingerprint density at radius 1 is 1.37 bits per heavy atom. The lowest BCUT2D eigenvalue weighted by atomic mass is 10.0. The number of benzene rings is 1. The first-order valence-corrected chi connectivity index (χ1v) is 9.19. The smallest absolute Gasteiger partial charge is 0.220 e. The van der Waals surface area contributed by atoms with Crippen molar-refractivity contribution < 1.29 is 9.21 Å². The summed E-state index contributed by atoms with van der Waals surface area (Å²) in [5.41, 5.74) is 0.734. The van der Waals surface area contributed by atoms with Gasteiger partial charge in [-0.15, -0.1) is 24.8 Å². The predicted octanol–water partition coefficient (Wildman–Crippen LogP) is 4.68. The Hall–Kier alpha value is -0.980. The molecule has 9 heteroatoms. The molecule has 2 heterocycles. The van der Waals surface area contributed by atoms with E-state index in [1.165, 1.54) is 0 Å². The number of nitrogens with zero attached hydrogens (tertiary/aromatic N) is 1. The van der Waals surface area contributed by atoms with Crippen molar-refractivity contribution in [3.63, 3.8) is 0 Å². The molecule has 0 bridgehead atoms. The third kappa shape index (κ3) is 6.84. The highest BCUT2D eigenvalue weighted by molar-refractivity contribution is 6.36. The monoisotopic (exact) mass is 453 g/mol. The van der Waals surface area contributed by atoms with Crippen LogP contribution in [-0.2, 0) is 11.2 Å². The number of carbonyl (C=O) groups excluding carboxylic acids is 1. The van der Waals surface area contributed by atoms with Gasteiger partial charge >= 0.3 is 0 Å². The highest BCUT2D eigenvalue weighted by Gasteiger charge is 2.20. The molecule has 1 aliphatic rings. The number of nitrogens with one attached hydrogen (secondary N) is 2. The van der Waals surface area contributed by atoms with E-state index in [0.717, 1.165) is 24.9 Å². The third-order valence-electron chi connectivity index (χ3n) is 4.30. The van der Waals surface area contributed by atoms with Crippen molar-refractivity contribution in [1.82, 2.24) is 15.6 Å². The third-order valence-corrected chi connectivity index (χ3v) is 4.85. The summed E-state index contributed by atoms with van der Waals surface area (Å²) in [4.78, 5) is 16.4. The zero-order valence-corrected chi connectivity index (χ0v) is 18.0. The van der Waals surface area contributed by atoms with Crippen molar-refractivity contribution in [3.8, 4) is 11.3 Å². The van der Waals surface area contributed by atoms with Crippen LogP contribution in [0.4, 0.5) is 0 Å². The maximum Gasteiger partial charge on any atom is 0.220 e. The Kier molecular flexibility index (Phi) is 9.91. The Morgan fingerprint density at radius 2 is 2.15 bits per heavy atom. The molecule has 0 aliphatic carbocycles. The van der Waals surface area contributed by atoms with Gasteiger partial charge in [0, 0.05) is 35.5 Å². The standard InChI is InChI=1S/C18H21Cl2N3O2.2ClH/c1-11-8-13(6-7-21-11)23-17(24)4-5-18-22-10-16(25-18)14-3-2-12(19)9-15(14)20;;/h2-3,9-11,13,21H,4-8H2,1H3,(H,23,24);2*1H. The van der Waals surface area contributed by atoms with Gasteiger partial charge in [0.2, 0.25) is 5.91 Å². The zero-order chi connectivity index (χ0) is 17.8. The van der Waals surface area contributed by atoms with Crippen LogP contribution < -0.4 is 10.6 Å². The minimum atomic E-state index is 0. The minimum Gasteiger partial charge on any atom is -0.441 e. The highest BCUT2D eigenvalue weighted by atomic mass is 35.5. The molecule has 0 spiro atoms. The summed E-state index contributed by atoms with van der Waals surface area (Å²) in [5, 5.41) is 7.54. The fourth-order valence-corrected chi connectivity index (χ4v) is 3.52. The van der Waals surface area contributed by atoms with Crippen molar-refractivity contribution in [2.24, 2.45) is 0 Å². The molecule has 2 N–H and O–H groups in total. The fraction of sp³-hybridized carbons (Fsp3) is 0.444. The van der Waals surface area contributed by atoms with E-state index in [4.69, 9.17) is 27.6 Å². The van der Waals surface area contributed by atoms with Crippen LogP contribution in [0.25, 0.3) is 11.3 Å². The van der Waals surface area contributed by atoms with E-state index in [0.29, 0.717) is 40.6 Å². The van der Waals surface area contributed by atoms with Crippen molar-refractivity contribution in [3.05, 3.63) is 40.3 Å². The Labute approximate surface area is 181 Å². The summed E-state index contributed by atoms with van der Waals surface area (Å²) in [6, 6.07) is 5.89. The summed E-state index contributed by atoms with van der Waals surface area (Å²) in [6.45, 7) is 3.07. The first kappa shape index (κ1) is 24.1. The summed E-state index contributed by atoms with van der Waals surface area (Å²) in [5.74, 6) is 1.13. The van der Waals surface area contributed by atoms with Crippen LogP contribution in [0.1, 0.15) is 32.1 Å². The predicted molar refractivity (Wildman–Crippen MR) is 113 cm³/mol. The molecule has 0 saturated carbocycles. The highest BCUT2D eigenvalue weighted by Crippen LogP contribution is 2.30.